The molecule has 1 aromatic carbocycles. The van der Waals surface area contributed by atoms with Gasteiger partial charge in [0.05, 0.1) is 0 Å². The Morgan fingerprint density at radius 3 is 2.95 bits per heavy atom. The van der Waals surface area contributed by atoms with Crippen molar-refractivity contribution in [1.29, 1.82) is 0 Å². The lowest BCUT2D eigenvalue weighted by Gasteiger charge is -2.37. The van der Waals surface area contributed by atoms with E-state index < -0.39 is 0 Å². The third-order valence-corrected chi connectivity index (χ3v) is 3.69. The SMILES string of the molecule is CC1CN(Cc2cccc(C#CCO)c2)CCN1C. The van der Waals surface area contributed by atoms with Gasteiger partial charge in [-0.1, -0.05) is 24.0 Å². The third kappa shape index (κ3) is 4.07. The molecule has 0 radical (unpaired) electrons. The van der Waals surface area contributed by atoms with Gasteiger partial charge in [-0.15, -0.1) is 0 Å². The summed E-state index contributed by atoms with van der Waals surface area (Å²) < 4.78 is 0. The van der Waals surface area contributed by atoms with E-state index in [1.165, 1.54) is 5.56 Å². The van der Waals surface area contributed by atoms with Gasteiger partial charge in [0, 0.05) is 37.8 Å². The highest BCUT2D eigenvalue weighted by atomic mass is 16.2. The summed E-state index contributed by atoms with van der Waals surface area (Å²) in [4.78, 5) is 4.89. The van der Waals surface area contributed by atoms with Gasteiger partial charge in [-0.05, 0) is 31.7 Å². The van der Waals surface area contributed by atoms with E-state index in [9.17, 15) is 0 Å². The molecular weight excluding hydrogens is 236 g/mol. The molecular formula is C16H22N2O. The second-order valence-electron chi connectivity index (χ2n) is 5.23. The molecule has 1 aliphatic rings. The van der Waals surface area contributed by atoms with Gasteiger partial charge in [-0.25, -0.2) is 0 Å². The van der Waals surface area contributed by atoms with Gasteiger partial charge < -0.3 is 10.0 Å². The summed E-state index contributed by atoms with van der Waals surface area (Å²) in [6.45, 7) is 6.53. The first-order valence-electron chi connectivity index (χ1n) is 6.80. The van der Waals surface area contributed by atoms with Crippen molar-refractivity contribution in [3.8, 4) is 11.8 Å². The molecule has 0 spiro atoms. The normalized spacial score (nSPS) is 20.9. The zero-order chi connectivity index (χ0) is 13.7. The molecule has 3 heteroatoms. The largest absolute Gasteiger partial charge is 0.384 e. The molecule has 19 heavy (non-hydrogen) atoms. The van der Waals surface area contributed by atoms with Crippen LogP contribution < -0.4 is 0 Å². The highest BCUT2D eigenvalue weighted by Crippen LogP contribution is 2.12. The number of rotatable bonds is 2. The maximum Gasteiger partial charge on any atom is 0.104 e. The maximum absolute atomic E-state index is 8.73. The standard InChI is InChI=1S/C16H22N2O/c1-14-12-18(9-8-17(14)2)13-16-6-3-5-15(11-16)7-4-10-19/h3,5-6,11,14,19H,8-10,12-13H2,1-2H3. The number of aliphatic hydroxyl groups is 1. The lowest BCUT2D eigenvalue weighted by atomic mass is 10.1. The van der Waals surface area contributed by atoms with E-state index in [-0.39, 0.29) is 6.61 Å². The molecule has 0 aromatic heterocycles. The smallest absolute Gasteiger partial charge is 0.104 e. The number of likely N-dealkylation sites (N-methyl/N-ethyl adjacent to an activating group) is 1. The molecule has 0 bridgehead atoms. The van der Waals surface area contributed by atoms with Crippen LogP contribution in [0.1, 0.15) is 18.1 Å². The molecule has 1 aromatic rings. The topological polar surface area (TPSA) is 26.7 Å². The fraction of sp³-hybridized carbons (Fsp3) is 0.500. The van der Waals surface area contributed by atoms with Crippen LogP contribution in [0.5, 0.6) is 0 Å². The summed E-state index contributed by atoms with van der Waals surface area (Å²) in [5.41, 5.74) is 2.27. The summed E-state index contributed by atoms with van der Waals surface area (Å²) >= 11 is 0. The molecule has 1 aliphatic heterocycles. The maximum atomic E-state index is 8.73. The van der Waals surface area contributed by atoms with Crippen LogP contribution in [-0.4, -0.2) is 54.2 Å². The van der Waals surface area contributed by atoms with Crippen molar-refractivity contribution in [2.45, 2.75) is 19.5 Å². The second-order valence-corrected chi connectivity index (χ2v) is 5.23. The van der Waals surface area contributed by atoms with Crippen molar-refractivity contribution in [1.82, 2.24) is 9.80 Å². The fourth-order valence-corrected chi connectivity index (χ4v) is 2.41. The van der Waals surface area contributed by atoms with Gasteiger partial charge in [-0.3, -0.25) is 4.90 Å². The Kier molecular flexibility index (Phi) is 4.98. The summed E-state index contributed by atoms with van der Waals surface area (Å²) in [5, 5.41) is 8.73. The van der Waals surface area contributed by atoms with Crippen LogP contribution >= 0.6 is 0 Å². The van der Waals surface area contributed by atoms with Crippen molar-refractivity contribution in [2.75, 3.05) is 33.3 Å². The summed E-state index contributed by atoms with van der Waals surface area (Å²) in [6.07, 6.45) is 0. The highest BCUT2D eigenvalue weighted by Gasteiger charge is 2.20. The molecule has 1 saturated heterocycles. The molecule has 1 atom stereocenters. The molecule has 0 amide bonds. The van der Waals surface area contributed by atoms with Gasteiger partial charge in [0.2, 0.25) is 0 Å². The molecule has 102 valence electrons. The molecule has 1 heterocycles. The van der Waals surface area contributed by atoms with Crippen LogP contribution in [0.4, 0.5) is 0 Å². The quantitative estimate of drug-likeness (QED) is 0.807. The van der Waals surface area contributed by atoms with E-state index in [0.717, 1.165) is 31.7 Å². The van der Waals surface area contributed by atoms with Crippen molar-refractivity contribution < 1.29 is 5.11 Å². The minimum Gasteiger partial charge on any atom is -0.384 e. The summed E-state index contributed by atoms with van der Waals surface area (Å²) in [7, 11) is 2.19. The van der Waals surface area contributed by atoms with E-state index in [2.05, 4.69) is 47.7 Å². The van der Waals surface area contributed by atoms with Crippen LogP contribution in [0.3, 0.4) is 0 Å². The van der Waals surface area contributed by atoms with Crippen molar-refractivity contribution in [2.24, 2.45) is 0 Å². The van der Waals surface area contributed by atoms with Crippen LogP contribution in [0.2, 0.25) is 0 Å². The van der Waals surface area contributed by atoms with E-state index >= 15 is 0 Å². The highest BCUT2D eigenvalue weighted by molar-refractivity contribution is 5.37. The predicted octanol–water partition coefficient (Wildman–Crippen LogP) is 1.17. The second kappa shape index (κ2) is 6.72. The van der Waals surface area contributed by atoms with Crippen molar-refractivity contribution in [3.63, 3.8) is 0 Å². The fourth-order valence-electron chi connectivity index (χ4n) is 2.41. The Bertz CT molecular complexity index is 475. The number of hydrogen-bond donors (Lipinski definition) is 1. The van der Waals surface area contributed by atoms with Crippen LogP contribution in [0, 0.1) is 11.8 Å². The van der Waals surface area contributed by atoms with Crippen molar-refractivity contribution >= 4 is 0 Å². The predicted molar refractivity (Wildman–Crippen MR) is 77.8 cm³/mol. The van der Waals surface area contributed by atoms with Gasteiger partial charge in [-0.2, -0.15) is 0 Å². The summed E-state index contributed by atoms with van der Waals surface area (Å²) in [6, 6.07) is 8.90. The zero-order valence-electron chi connectivity index (χ0n) is 11.8. The Balaban J connectivity index is 1.99. The Morgan fingerprint density at radius 2 is 2.21 bits per heavy atom. The third-order valence-electron chi connectivity index (χ3n) is 3.69. The lowest BCUT2D eigenvalue weighted by molar-refractivity contribution is 0.1000. The van der Waals surface area contributed by atoms with E-state index in [0.29, 0.717) is 6.04 Å². The number of benzene rings is 1. The average Bonchev–Trinajstić information content (AvgIpc) is 2.41. The first kappa shape index (κ1) is 14.1. The van der Waals surface area contributed by atoms with Crippen LogP contribution in [-0.2, 0) is 6.54 Å². The zero-order valence-corrected chi connectivity index (χ0v) is 11.8. The minimum atomic E-state index is -0.0831. The van der Waals surface area contributed by atoms with Crippen LogP contribution in [0.25, 0.3) is 0 Å². The van der Waals surface area contributed by atoms with Gasteiger partial charge >= 0.3 is 0 Å². The average molecular weight is 258 g/mol. The molecule has 1 fully saturated rings. The van der Waals surface area contributed by atoms with E-state index in [1.807, 2.05) is 12.1 Å². The first-order valence-corrected chi connectivity index (χ1v) is 6.80. The number of hydrogen-bond acceptors (Lipinski definition) is 3. The van der Waals surface area contributed by atoms with Crippen molar-refractivity contribution in [3.05, 3.63) is 35.4 Å². The first-order chi connectivity index (χ1) is 9.19. The number of aliphatic hydroxyl groups excluding tert-OH is 1. The number of piperazine rings is 1. The van der Waals surface area contributed by atoms with Gasteiger partial charge in [0.25, 0.3) is 0 Å². The lowest BCUT2D eigenvalue weighted by Crippen LogP contribution is -2.49. The Morgan fingerprint density at radius 1 is 1.37 bits per heavy atom. The monoisotopic (exact) mass is 258 g/mol. The summed E-state index contributed by atoms with van der Waals surface area (Å²) in [5.74, 6) is 5.65. The van der Waals surface area contributed by atoms with Gasteiger partial charge in [0.1, 0.15) is 6.61 Å². The number of nitrogens with zero attached hydrogens (tertiary/aromatic N) is 2. The molecule has 2 rings (SSSR count). The van der Waals surface area contributed by atoms with E-state index in [1.54, 1.807) is 0 Å². The molecule has 3 nitrogen and oxygen atoms in total. The Hall–Kier alpha value is -1.34. The minimum absolute atomic E-state index is 0.0831. The molecule has 0 saturated carbocycles. The van der Waals surface area contributed by atoms with Crippen LogP contribution in [0.15, 0.2) is 24.3 Å². The molecule has 0 aliphatic carbocycles. The molecule has 1 N–H and O–H groups in total. The molecule has 1 unspecified atom stereocenters. The van der Waals surface area contributed by atoms with E-state index in [4.69, 9.17) is 5.11 Å². The van der Waals surface area contributed by atoms with Gasteiger partial charge in [0.15, 0.2) is 0 Å². The Labute approximate surface area is 115 Å².